The molecule has 0 aliphatic rings. The van der Waals surface area contributed by atoms with Crippen LogP contribution in [0.2, 0.25) is 0 Å². The molecule has 0 atom stereocenters. The van der Waals surface area contributed by atoms with Gasteiger partial charge in [0.15, 0.2) is 0 Å². The molecule has 1 aromatic carbocycles. The van der Waals surface area contributed by atoms with Gasteiger partial charge in [-0.15, -0.1) is 0 Å². The van der Waals surface area contributed by atoms with Crippen LogP contribution in [0.15, 0.2) is 30.5 Å². The Morgan fingerprint density at radius 1 is 1.32 bits per heavy atom. The number of halogens is 2. The number of anilines is 2. The van der Waals surface area contributed by atoms with Crippen LogP contribution >= 0.6 is 0 Å². The van der Waals surface area contributed by atoms with Gasteiger partial charge in [-0.25, -0.2) is 18.6 Å². The summed E-state index contributed by atoms with van der Waals surface area (Å²) >= 11 is 0. The van der Waals surface area contributed by atoms with Crippen LogP contribution in [0.25, 0.3) is 0 Å². The number of carboxylic acids is 1. The zero-order chi connectivity index (χ0) is 14.0. The van der Waals surface area contributed by atoms with Gasteiger partial charge in [0.25, 0.3) is 0 Å². The maximum atomic E-state index is 13.1. The van der Waals surface area contributed by atoms with E-state index < -0.39 is 11.8 Å². The molecule has 0 spiro atoms. The maximum absolute atomic E-state index is 13.1. The van der Waals surface area contributed by atoms with E-state index >= 15 is 0 Å². The standard InChI is InChI=1S/C13H10F2N2O2/c1-7-4-9(2-3-11(7)15)17-12-10(13(18)19)5-8(14)6-16-12/h2-6H,1H3,(H,16,17)(H,18,19). The third kappa shape index (κ3) is 2.85. The predicted molar refractivity (Wildman–Crippen MR) is 65.6 cm³/mol. The Morgan fingerprint density at radius 3 is 2.68 bits per heavy atom. The van der Waals surface area contributed by atoms with Crippen molar-refractivity contribution >= 4 is 17.5 Å². The highest BCUT2D eigenvalue weighted by Gasteiger charge is 2.13. The number of nitrogens with one attached hydrogen (secondary N) is 1. The highest BCUT2D eigenvalue weighted by Crippen LogP contribution is 2.21. The van der Waals surface area contributed by atoms with E-state index in [1.165, 1.54) is 18.2 Å². The Kier molecular flexibility index (Phi) is 3.41. The van der Waals surface area contributed by atoms with E-state index in [9.17, 15) is 13.6 Å². The Labute approximate surface area is 107 Å². The molecule has 0 bridgehead atoms. The molecular weight excluding hydrogens is 254 g/mol. The summed E-state index contributed by atoms with van der Waals surface area (Å²) < 4.78 is 26.1. The molecule has 0 unspecified atom stereocenters. The lowest BCUT2D eigenvalue weighted by atomic mass is 10.2. The van der Waals surface area contributed by atoms with E-state index in [1.807, 2.05) is 0 Å². The average Bonchev–Trinajstić information content (AvgIpc) is 2.36. The van der Waals surface area contributed by atoms with E-state index in [4.69, 9.17) is 5.11 Å². The summed E-state index contributed by atoms with van der Waals surface area (Å²) in [4.78, 5) is 14.7. The van der Waals surface area contributed by atoms with Crippen molar-refractivity contribution in [1.82, 2.24) is 4.98 Å². The van der Waals surface area contributed by atoms with Crippen molar-refractivity contribution in [2.75, 3.05) is 5.32 Å². The molecule has 2 rings (SSSR count). The fourth-order valence-electron chi connectivity index (χ4n) is 1.56. The van der Waals surface area contributed by atoms with Crippen molar-refractivity contribution in [3.63, 3.8) is 0 Å². The van der Waals surface area contributed by atoms with Crippen LogP contribution in [0.3, 0.4) is 0 Å². The molecule has 98 valence electrons. The minimum absolute atomic E-state index is 0.0000850. The molecule has 4 nitrogen and oxygen atoms in total. The molecule has 2 aromatic rings. The van der Waals surface area contributed by atoms with Gasteiger partial charge in [-0.2, -0.15) is 0 Å². The zero-order valence-electron chi connectivity index (χ0n) is 9.95. The van der Waals surface area contributed by atoms with Crippen LogP contribution in [-0.2, 0) is 0 Å². The third-order valence-electron chi connectivity index (χ3n) is 2.51. The van der Waals surface area contributed by atoms with Crippen molar-refractivity contribution in [3.05, 3.63) is 53.2 Å². The van der Waals surface area contributed by atoms with Gasteiger partial charge < -0.3 is 10.4 Å². The number of hydrogen-bond acceptors (Lipinski definition) is 3. The highest BCUT2D eigenvalue weighted by molar-refractivity contribution is 5.93. The van der Waals surface area contributed by atoms with Crippen LogP contribution in [-0.4, -0.2) is 16.1 Å². The van der Waals surface area contributed by atoms with Crippen LogP contribution in [0.4, 0.5) is 20.3 Å². The number of benzene rings is 1. The number of hydrogen-bond donors (Lipinski definition) is 2. The molecule has 2 N–H and O–H groups in total. The first-order valence-electron chi connectivity index (χ1n) is 5.39. The first-order chi connectivity index (χ1) is 8.97. The van der Waals surface area contributed by atoms with Gasteiger partial charge in [0.2, 0.25) is 0 Å². The molecule has 0 fully saturated rings. The van der Waals surface area contributed by atoms with Crippen molar-refractivity contribution < 1.29 is 18.7 Å². The summed E-state index contributed by atoms with van der Waals surface area (Å²) in [6.45, 7) is 1.58. The van der Waals surface area contributed by atoms with Crippen molar-refractivity contribution in [2.24, 2.45) is 0 Å². The first kappa shape index (κ1) is 12.9. The Bertz CT molecular complexity index is 645. The topological polar surface area (TPSA) is 62.2 Å². The minimum Gasteiger partial charge on any atom is -0.478 e. The van der Waals surface area contributed by atoms with E-state index in [0.29, 0.717) is 11.3 Å². The van der Waals surface area contributed by atoms with Crippen LogP contribution in [0.5, 0.6) is 0 Å². The number of pyridine rings is 1. The lowest BCUT2D eigenvalue weighted by molar-refractivity contribution is 0.0697. The van der Waals surface area contributed by atoms with Gasteiger partial charge in [-0.05, 0) is 36.8 Å². The highest BCUT2D eigenvalue weighted by atomic mass is 19.1. The number of aromatic nitrogens is 1. The van der Waals surface area contributed by atoms with Gasteiger partial charge in [-0.1, -0.05) is 0 Å². The van der Waals surface area contributed by atoms with E-state index in [1.54, 1.807) is 6.92 Å². The summed E-state index contributed by atoms with van der Waals surface area (Å²) in [6.07, 6.45) is 0.908. The number of rotatable bonds is 3. The molecule has 1 heterocycles. The number of carboxylic acid groups (broad SMARTS) is 1. The average molecular weight is 264 g/mol. The predicted octanol–water partition coefficient (Wildman–Crippen LogP) is 3.11. The Balaban J connectivity index is 2.37. The molecule has 0 radical (unpaired) electrons. The molecule has 0 aliphatic heterocycles. The maximum Gasteiger partial charge on any atom is 0.339 e. The molecule has 1 aromatic heterocycles. The number of aryl methyl sites for hydroxylation is 1. The number of nitrogens with zero attached hydrogens (tertiary/aromatic N) is 1. The van der Waals surface area contributed by atoms with Crippen molar-refractivity contribution in [1.29, 1.82) is 0 Å². The monoisotopic (exact) mass is 264 g/mol. The Morgan fingerprint density at radius 2 is 2.05 bits per heavy atom. The molecule has 19 heavy (non-hydrogen) atoms. The fourth-order valence-corrected chi connectivity index (χ4v) is 1.56. The lowest BCUT2D eigenvalue weighted by Crippen LogP contribution is -2.05. The van der Waals surface area contributed by atoms with Crippen LogP contribution in [0.1, 0.15) is 15.9 Å². The van der Waals surface area contributed by atoms with Gasteiger partial charge in [0, 0.05) is 5.69 Å². The smallest absolute Gasteiger partial charge is 0.339 e. The minimum atomic E-state index is -1.30. The molecule has 0 aliphatic carbocycles. The lowest BCUT2D eigenvalue weighted by Gasteiger charge is -2.09. The third-order valence-corrected chi connectivity index (χ3v) is 2.51. The molecule has 0 saturated carbocycles. The second-order valence-corrected chi connectivity index (χ2v) is 3.94. The zero-order valence-corrected chi connectivity index (χ0v) is 9.95. The fraction of sp³-hybridized carbons (Fsp3) is 0.0769. The van der Waals surface area contributed by atoms with Crippen LogP contribution < -0.4 is 5.32 Å². The SMILES string of the molecule is Cc1cc(Nc2ncc(F)cc2C(=O)O)ccc1F. The van der Waals surface area contributed by atoms with Gasteiger partial charge in [0.1, 0.15) is 23.0 Å². The van der Waals surface area contributed by atoms with E-state index in [0.717, 1.165) is 12.3 Å². The van der Waals surface area contributed by atoms with E-state index in [-0.39, 0.29) is 17.2 Å². The van der Waals surface area contributed by atoms with E-state index in [2.05, 4.69) is 10.3 Å². The number of aromatic carboxylic acids is 1. The second kappa shape index (κ2) is 5.01. The van der Waals surface area contributed by atoms with Crippen LogP contribution in [0, 0.1) is 18.6 Å². The summed E-state index contributed by atoms with van der Waals surface area (Å²) in [7, 11) is 0. The normalized spacial score (nSPS) is 10.3. The summed E-state index contributed by atoms with van der Waals surface area (Å²) in [6, 6.07) is 5.07. The van der Waals surface area contributed by atoms with Crippen molar-refractivity contribution in [3.8, 4) is 0 Å². The molecule has 0 saturated heterocycles. The first-order valence-corrected chi connectivity index (χ1v) is 5.39. The Hall–Kier alpha value is -2.50. The van der Waals surface area contributed by atoms with Crippen molar-refractivity contribution in [2.45, 2.75) is 6.92 Å². The molecule has 0 amide bonds. The molecular formula is C13H10F2N2O2. The summed E-state index contributed by atoms with van der Waals surface area (Å²) in [5, 5.41) is 11.7. The van der Waals surface area contributed by atoms with Gasteiger partial charge in [0.05, 0.1) is 6.20 Å². The summed E-state index contributed by atoms with van der Waals surface area (Å²) in [5.74, 6) is -2.40. The largest absolute Gasteiger partial charge is 0.478 e. The van der Waals surface area contributed by atoms with Gasteiger partial charge >= 0.3 is 5.97 Å². The number of carbonyl (C=O) groups is 1. The second-order valence-electron chi connectivity index (χ2n) is 3.94. The molecule has 6 heteroatoms. The quantitative estimate of drug-likeness (QED) is 0.894. The van der Waals surface area contributed by atoms with Gasteiger partial charge in [-0.3, -0.25) is 0 Å². The summed E-state index contributed by atoms with van der Waals surface area (Å²) in [5.41, 5.74) is 0.589.